The molecule has 134 valence electrons. The van der Waals surface area contributed by atoms with Gasteiger partial charge in [0.05, 0.1) is 30.7 Å². The average Bonchev–Trinajstić information content (AvgIpc) is 3.37. The lowest BCUT2D eigenvalue weighted by atomic mass is 10.1. The van der Waals surface area contributed by atoms with Crippen molar-refractivity contribution in [3.05, 3.63) is 41.2 Å². The van der Waals surface area contributed by atoms with Crippen LogP contribution in [-0.2, 0) is 13.2 Å². The molecule has 0 aliphatic heterocycles. The first-order valence-corrected chi connectivity index (χ1v) is 8.91. The fraction of sp³-hybridized carbons (Fsp3) is 0.474. The second-order valence-corrected chi connectivity index (χ2v) is 6.31. The summed E-state index contributed by atoms with van der Waals surface area (Å²) in [5.41, 5.74) is 2.99. The molecule has 0 atom stereocenters. The van der Waals surface area contributed by atoms with Gasteiger partial charge in [0, 0.05) is 23.7 Å². The number of nitrogens with one attached hydrogen (secondary N) is 1. The van der Waals surface area contributed by atoms with E-state index in [1.807, 2.05) is 11.6 Å². The van der Waals surface area contributed by atoms with Crippen LogP contribution in [0.25, 0.3) is 0 Å². The van der Waals surface area contributed by atoms with Gasteiger partial charge in [0.2, 0.25) is 0 Å². The number of ether oxygens (including phenoxy) is 1. The third kappa shape index (κ3) is 3.85. The Balaban J connectivity index is 1.81. The van der Waals surface area contributed by atoms with Gasteiger partial charge >= 0.3 is 0 Å². The standard InChI is InChI=1S/C19H25N3O3/c1-3-9-22-18(13-5-6-13)16(11-20-22)19(24)21-15-7-8-17(25-4-2)14(10-15)12-23/h7-8,10-11,13,23H,3-6,9,12H2,1-2H3,(H,21,24). The highest BCUT2D eigenvalue weighted by Gasteiger charge is 2.32. The maximum atomic E-state index is 12.7. The minimum atomic E-state index is -0.155. The van der Waals surface area contributed by atoms with Gasteiger partial charge in [0.1, 0.15) is 5.75 Å². The molecule has 0 unspecified atom stereocenters. The van der Waals surface area contributed by atoms with E-state index in [9.17, 15) is 9.90 Å². The van der Waals surface area contributed by atoms with Crippen LogP contribution in [0.4, 0.5) is 5.69 Å². The monoisotopic (exact) mass is 343 g/mol. The van der Waals surface area contributed by atoms with Crippen molar-refractivity contribution in [2.45, 2.75) is 52.2 Å². The van der Waals surface area contributed by atoms with Gasteiger partial charge in [-0.1, -0.05) is 6.92 Å². The SMILES string of the molecule is CCCn1ncc(C(=O)Nc2ccc(OCC)c(CO)c2)c1C1CC1. The Morgan fingerprint density at radius 2 is 2.20 bits per heavy atom. The van der Waals surface area contributed by atoms with Crippen LogP contribution in [0, 0.1) is 0 Å². The van der Waals surface area contributed by atoms with Crippen molar-refractivity contribution in [3.63, 3.8) is 0 Å². The summed E-state index contributed by atoms with van der Waals surface area (Å²) in [5.74, 6) is 0.929. The summed E-state index contributed by atoms with van der Waals surface area (Å²) >= 11 is 0. The number of anilines is 1. The van der Waals surface area contributed by atoms with E-state index in [0.29, 0.717) is 35.1 Å². The molecule has 0 spiro atoms. The van der Waals surface area contributed by atoms with Gasteiger partial charge in [-0.15, -0.1) is 0 Å². The highest BCUT2D eigenvalue weighted by Crippen LogP contribution is 2.41. The molecule has 1 aromatic heterocycles. The molecule has 0 bridgehead atoms. The highest BCUT2D eigenvalue weighted by molar-refractivity contribution is 6.05. The molecule has 0 saturated heterocycles. The van der Waals surface area contributed by atoms with Crippen LogP contribution < -0.4 is 10.1 Å². The van der Waals surface area contributed by atoms with Crippen molar-refractivity contribution >= 4 is 11.6 Å². The van der Waals surface area contributed by atoms with Crippen LogP contribution in [0.3, 0.4) is 0 Å². The highest BCUT2D eigenvalue weighted by atomic mass is 16.5. The third-order valence-corrected chi connectivity index (χ3v) is 4.31. The van der Waals surface area contributed by atoms with Crippen LogP contribution in [0.15, 0.2) is 24.4 Å². The summed E-state index contributed by atoms with van der Waals surface area (Å²) in [5, 5.41) is 16.8. The number of aliphatic hydroxyl groups is 1. The molecule has 1 aromatic carbocycles. The van der Waals surface area contributed by atoms with Gasteiger partial charge < -0.3 is 15.2 Å². The Kier molecular flexibility index (Phi) is 5.38. The molecule has 3 rings (SSSR count). The number of aromatic nitrogens is 2. The predicted molar refractivity (Wildman–Crippen MR) is 96.0 cm³/mol. The predicted octanol–water partition coefficient (Wildman–Crippen LogP) is 3.31. The Bertz CT molecular complexity index is 750. The maximum Gasteiger partial charge on any atom is 0.259 e. The molecule has 1 fully saturated rings. The van der Waals surface area contributed by atoms with Crippen molar-refractivity contribution in [2.75, 3.05) is 11.9 Å². The van der Waals surface area contributed by atoms with Gasteiger partial charge in [0.15, 0.2) is 0 Å². The number of carbonyl (C=O) groups is 1. The van der Waals surface area contributed by atoms with Crippen molar-refractivity contribution in [2.24, 2.45) is 0 Å². The van der Waals surface area contributed by atoms with Gasteiger partial charge in [-0.05, 0) is 44.4 Å². The average molecular weight is 343 g/mol. The van der Waals surface area contributed by atoms with E-state index in [-0.39, 0.29) is 12.5 Å². The molecule has 6 heteroatoms. The van der Waals surface area contributed by atoms with E-state index in [2.05, 4.69) is 17.3 Å². The van der Waals surface area contributed by atoms with E-state index in [1.165, 1.54) is 0 Å². The minimum Gasteiger partial charge on any atom is -0.494 e. The van der Waals surface area contributed by atoms with Crippen molar-refractivity contribution in [1.29, 1.82) is 0 Å². The van der Waals surface area contributed by atoms with Crippen molar-refractivity contribution in [3.8, 4) is 5.75 Å². The second kappa shape index (κ2) is 7.70. The molecule has 1 saturated carbocycles. The first kappa shape index (κ1) is 17.5. The Hall–Kier alpha value is -2.34. The van der Waals surface area contributed by atoms with Crippen LogP contribution in [0.2, 0.25) is 0 Å². The van der Waals surface area contributed by atoms with Gasteiger partial charge in [0.25, 0.3) is 5.91 Å². The number of hydrogen-bond acceptors (Lipinski definition) is 4. The fourth-order valence-corrected chi connectivity index (χ4v) is 3.02. The normalized spacial score (nSPS) is 13.7. The van der Waals surface area contributed by atoms with Gasteiger partial charge in [-0.25, -0.2) is 0 Å². The molecule has 1 amide bonds. The number of aliphatic hydroxyl groups excluding tert-OH is 1. The molecule has 2 aromatic rings. The Labute approximate surface area is 147 Å². The molecule has 0 radical (unpaired) electrons. The lowest BCUT2D eigenvalue weighted by Crippen LogP contribution is -2.15. The Morgan fingerprint density at radius 1 is 1.40 bits per heavy atom. The van der Waals surface area contributed by atoms with Crippen LogP contribution in [0.1, 0.15) is 60.6 Å². The van der Waals surface area contributed by atoms with Crippen molar-refractivity contribution < 1.29 is 14.6 Å². The summed E-state index contributed by atoms with van der Waals surface area (Å²) in [6, 6.07) is 5.30. The zero-order chi connectivity index (χ0) is 17.8. The maximum absolute atomic E-state index is 12.7. The zero-order valence-electron chi connectivity index (χ0n) is 14.8. The number of nitrogens with zero attached hydrogens (tertiary/aromatic N) is 2. The molecule has 25 heavy (non-hydrogen) atoms. The molecular formula is C19H25N3O3. The minimum absolute atomic E-state index is 0.138. The first-order chi connectivity index (χ1) is 12.2. The molecule has 1 heterocycles. The van der Waals surface area contributed by atoms with Crippen LogP contribution in [0.5, 0.6) is 5.75 Å². The summed E-state index contributed by atoms with van der Waals surface area (Å²) in [6.07, 6.45) is 4.89. The largest absolute Gasteiger partial charge is 0.494 e. The number of carbonyl (C=O) groups excluding carboxylic acids is 1. The van der Waals surface area contributed by atoms with Crippen LogP contribution >= 0.6 is 0 Å². The first-order valence-electron chi connectivity index (χ1n) is 8.91. The lowest BCUT2D eigenvalue weighted by Gasteiger charge is -2.12. The zero-order valence-corrected chi connectivity index (χ0v) is 14.8. The number of hydrogen-bond donors (Lipinski definition) is 2. The lowest BCUT2D eigenvalue weighted by molar-refractivity contribution is 0.102. The number of benzene rings is 1. The van der Waals surface area contributed by atoms with Crippen molar-refractivity contribution in [1.82, 2.24) is 9.78 Å². The molecular weight excluding hydrogens is 318 g/mol. The quantitative estimate of drug-likeness (QED) is 0.771. The van der Waals surface area contributed by atoms with E-state index >= 15 is 0 Å². The number of aryl methyl sites for hydroxylation is 1. The molecule has 1 aliphatic carbocycles. The Morgan fingerprint density at radius 3 is 2.84 bits per heavy atom. The van der Waals surface area contributed by atoms with E-state index < -0.39 is 0 Å². The molecule has 1 aliphatic rings. The fourth-order valence-electron chi connectivity index (χ4n) is 3.02. The third-order valence-electron chi connectivity index (χ3n) is 4.31. The van der Waals surface area contributed by atoms with Gasteiger partial charge in [-0.3, -0.25) is 9.48 Å². The summed E-state index contributed by atoms with van der Waals surface area (Å²) in [6.45, 7) is 5.22. The molecule has 2 N–H and O–H groups in total. The molecule has 6 nitrogen and oxygen atoms in total. The summed E-state index contributed by atoms with van der Waals surface area (Å²) < 4.78 is 7.44. The second-order valence-electron chi connectivity index (χ2n) is 6.31. The summed E-state index contributed by atoms with van der Waals surface area (Å²) in [7, 11) is 0. The van der Waals surface area contributed by atoms with E-state index in [0.717, 1.165) is 31.5 Å². The summed E-state index contributed by atoms with van der Waals surface area (Å²) in [4.78, 5) is 12.7. The van der Waals surface area contributed by atoms with E-state index in [1.54, 1.807) is 24.4 Å². The van der Waals surface area contributed by atoms with Gasteiger partial charge in [-0.2, -0.15) is 5.10 Å². The van der Waals surface area contributed by atoms with Crippen LogP contribution in [-0.4, -0.2) is 27.4 Å². The smallest absolute Gasteiger partial charge is 0.259 e. The number of amides is 1. The topological polar surface area (TPSA) is 76.4 Å². The number of rotatable bonds is 8. The van der Waals surface area contributed by atoms with E-state index in [4.69, 9.17) is 4.74 Å².